The predicted molar refractivity (Wildman–Crippen MR) is 93.8 cm³/mol. The van der Waals surface area contributed by atoms with Crippen LogP contribution in [0.3, 0.4) is 0 Å². The fraction of sp³-hybridized carbons (Fsp3) is 0.333. The first-order valence-corrected chi connectivity index (χ1v) is 8.33. The van der Waals surface area contributed by atoms with Crippen LogP contribution in [0, 0.1) is 0 Å². The smallest absolute Gasteiger partial charge is 0.266 e. The molecule has 0 radical (unpaired) electrons. The van der Waals surface area contributed by atoms with Crippen molar-refractivity contribution in [1.29, 1.82) is 0 Å². The van der Waals surface area contributed by atoms with Crippen LogP contribution in [0.5, 0.6) is 5.75 Å². The number of aromatic nitrogens is 1. The van der Waals surface area contributed by atoms with Gasteiger partial charge in [0.1, 0.15) is 4.60 Å². The summed E-state index contributed by atoms with van der Waals surface area (Å²) in [4.78, 5) is 18.3. The van der Waals surface area contributed by atoms with Gasteiger partial charge in [0.05, 0.1) is 6.54 Å². The minimum Gasteiger partial charge on any atom is -0.480 e. The summed E-state index contributed by atoms with van der Waals surface area (Å²) in [5.74, 6) is 1.12. The van der Waals surface area contributed by atoms with E-state index in [-0.39, 0.29) is 17.9 Å². The Morgan fingerprint density at radius 3 is 2.52 bits per heavy atom. The molecule has 3 rings (SSSR count). The van der Waals surface area contributed by atoms with E-state index in [1.54, 1.807) is 4.90 Å². The van der Waals surface area contributed by atoms with Crippen molar-refractivity contribution < 1.29 is 9.53 Å². The van der Waals surface area contributed by atoms with Crippen LogP contribution >= 0.6 is 15.9 Å². The highest BCUT2D eigenvalue weighted by atomic mass is 79.9. The first-order chi connectivity index (χ1) is 10.8. The van der Waals surface area contributed by atoms with E-state index >= 15 is 0 Å². The average Bonchev–Trinajstić information content (AvgIpc) is 2.50. The number of ether oxygens (including phenoxy) is 1. The van der Waals surface area contributed by atoms with Crippen LogP contribution in [-0.4, -0.2) is 17.5 Å². The number of hydrogen-bond acceptors (Lipinski definition) is 3. The molecular formula is C18H19BrN2O2. The molecule has 0 saturated heterocycles. The van der Waals surface area contributed by atoms with Gasteiger partial charge in [-0.1, -0.05) is 45.0 Å². The number of benzene rings is 1. The van der Waals surface area contributed by atoms with E-state index in [2.05, 4.69) is 66.0 Å². The maximum Gasteiger partial charge on any atom is 0.266 e. The summed E-state index contributed by atoms with van der Waals surface area (Å²) in [6, 6.07) is 12.0. The van der Waals surface area contributed by atoms with Crippen LogP contribution in [0.1, 0.15) is 31.9 Å². The second-order valence-corrected chi connectivity index (χ2v) is 7.48. The molecule has 5 heteroatoms. The molecule has 0 unspecified atom stereocenters. The van der Waals surface area contributed by atoms with Gasteiger partial charge in [-0.25, -0.2) is 4.98 Å². The monoisotopic (exact) mass is 374 g/mol. The molecule has 0 saturated carbocycles. The first-order valence-electron chi connectivity index (χ1n) is 7.54. The number of fused-ring (bicyclic) bond motifs is 1. The molecule has 1 aliphatic heterocycles. The average molecular weight is 375 g/mol. The van der Waals surface area contributed by atoms with E-state index in [1.807, 2.05) is 12.1 Å². The SMILES string of the molecule is CC(C)(C)c1ccc(CN2C(=O)COc3ccc(Br)nc32)cc1. The highest BCUT2D eigenvalue weighted by Crippen LogP contribution is 2.32. The highest BCUT2D eigenvalue weighted by Gasteiger charge is 2.27. The van der Waals surface area contributed by atoms with E-state index in [9.17, 15) is 4.79 Å². The number of halogens is 1. The molecule has 0 fully saturated rings. The van der Waals surface area contributed by atoms with Crippen molar-refractivity contribution in [3.8, 4) is 5.75 Å². The van der Waals surface area contributed by atoms with Crippen LogP contribution in [-0.2, 0) is 16.8 Å². The van der Waals surface area contributed by atoms with Crippen LogP contribution in [0.4, 0.5) is 5.82 Å². The quantitative estimate of drug-likeness (QED) is 0.744. The standard InChI is InChI=1S/C18H19BrN2O2/c1-18(2,3)13-6-4-12(5-7-13)10-21-16(22)11-23-14-8-9-15(19)20-17(14)21/h4-9H,10-11H2,1-3H3. The summed E-state index contributed by atoms with van der Waals surface area (Å²) < 4.78 is 6.13. The van der Waals surface area contributed by atoms with Gasteiger partial charge in [-0.3, -0.25) is 9.69 Å². The lowest BCUT2D eigenvalue weighted by molar-refractivity contribution is -0.121. The molecule has 1 aliphatic rings. The second kappa shape index (κ2) is 5.96. The second-order valence-electron chi connectivity index (χ2n) is 6.67. The summed E-state index contributed by atoms with van der Waals surface area (Å²) in [6.45, 7) is 7.10. The molecule has 1 aromatic heterocycles. The molecule has 0 atom stereocenters. The van der Waals surface area contributed by atoms with Crippen molar-refractivity contribution in [1.82, 2.24) is 4.98 Å². The molecule has 0 N–H and O–H groups in total. The third-order valence-electron chi connectivity index (χ3n) is 3.87. The molecule has 0 spiro atoms. The van der Waals surface area contributed by atoms with Gasteiger partial charge >= 0.3 is 0 Å². The lowest BCUT2D eigenvalue weighted by Crippen LogP contribution is -2.39. The number of carbonyl (C=O) groups excluding carboxylic acids is 1. The molecule has 1 aromatic carbocycles. The zero-order valence-corrected chi connectivity index (χ0v) is 15.1. The highest BCUT2D eigenvalue weighted by molar-refractivity contribution is 9.10. The third-order valence-corrected chi connectivity index (χ3v) is 4.32. The van der Waals surface area contributed by atoms with Gasteiger partial charge in [0.25, 0.3) is 5.91 Å². The fourth-order valence-electron chi connectivity index (χ4n) is 2.51. The van der Waals surface area contributed by atoms with Crippen LogP contribution < -0.4 is 9.64 Å². The minimum atomic E-state index is -0.0806. The number of rotatable bonds is 2. The van der Waals surface area contributed by atoms with Gasteiger partial charge in [0.2, 0.25) is 0 Å². The fourth-order valence-corrected chi connectivity index (χ4v) is 2.81. The van der Waals surface area contributed by atoms with Crippen molar-refractivity contribution in [2.24, 2.45) is 0 Å². The zero-order chi connectivity index (χ0) is 16.6. The normalized spacial score (nSPS) is 14.4. The van der Waals surface area contributed by atoms with Crippen LogP contribution in [0.15, 0.2) is 41.0 Å². The Labute approximate surface area is 144 Å². The Morgan fingerprint density at radius 2 is 1.87 bits per heavy atom. The van der Waals surface area contributed by atoms with Crippen molar-refractivity contribution in [2.75, 3.05) is 11.5 Å². The maximum atomic E-state index is 12.2. The Hall–Kier alpha value is -1.88. The van der Waals surface area contributed by atoms with Crippen molar-refractivity contribution in [3.63, 3.8) is 0 Å². The molecule has 23 heavy (non-hydrogen) atoms. The van der Waals surface area contributed by atoms with Gasteiger partial charge in [-0.05, 0) is 44.6 Å². The summed E-state index contributed by atoms with van der Waals surface area (Å²) in [6.07, 6.45) is 0. The number of anilines is 1. The molecule has 4 nitrogen and oxygen atoms in total. The van der Waals surface area contributed by atoms with E-state index < -0.39 is 0 Å². The van der Waals surface area contributed by atoms with Crippen LogP contribution in [0.25, 0.3) is 0 Å². The molecule has 120 valence electrons. The molecule has 2 aromatic rings. The van der Waals surface area contributed by atoms with E-state index in [4.69, 9.17) is 4.74 Å². The summed E-state index contributed by atoms with van der Waals surface area (Å²) >= 11 is 3.35. The Balaban J connectivity index is 1.88. The number of pyridine rings is 1. The van der Waals surface area contributed by atoms with Gasteiger partial charge < -0.3 is 4.74 Å². The summed E-state index contributed by atoms with van der Waals surface area (Å²) in [5, 5.41) is 0. The number of nitrogens with zero attached hydrogens (tertiary/aromatic N) is 2. The lowest BCUT2D eigenvalue weighted by Gasteiger charge is -2.28. The maximum absolute atomic E-state index is 12.2. The van der Waals surface area contributed by atoms with Crippen molar-refractivity contribution in [2.45, 2.75) is 32.7 Å². The van der Waals surface area contributed by atoms with Gasteiger partial charge in [-0.2, -0.15) is 0 Å². The first kappa shape index (κ1) is 16.0. The number of hydrogen-bond donors (Lipinski definition) is 0. The third kappa shape index (κ3) is 3.39. The topological polar surface area (TPSA) is 42.4 Å². The Kier molecular flexibility index (Phi) is 4.15. The lowest BCUT2D eigenvalue weighted by atomic mass is 9.87. The molecule has 1 amide bonds. The van der Waals surface area contributed by atoms with E-state index in [0.717, 1.165) is 5.56 Å². The largest absolute Gasteiger partial charge is 0.480 e. The minimum absolute atomic E-state index is 0.0520. The summed E-state index contributed by atoms with van der Waals surface area (Å²) in [7, 11) is 0. The molecular weight excluding hydrogens is 356 g/mol. The number of carbonyl (C=O) groups is 1. The van der Waals surface area contributed by atoms with Crippen LogP contribution in [0.2, 0.25) is 0 Å². The van der Waals surface area contributed by atoms with E-state index in [1.165, 1.54) is 5.56 Å². The number of amides is 1. The molecule has 0 bridgehead atoms. The molecule has 0 aliphatic carbocycles. The van der Waals surface area contributed by atoms with Gasteiger partial charge in [-0.15, -0.1) is 0 Å². The Bertz CT molecular complexity index is 736. The van der Waals surface area contributed by atoms with Crippen molar-refractivity contribution in [3.05, 3.63) is 52.1 Å². The van der Waals surface area contributed by atoms with E-state index in [0.29, 0.717) is 22.7 Å². The van der Waals surface area contributed by atoms with Gasteiger partial charge in [0, 0.05) is 0 Å². The zero-order valence-electron chi connectivity index (χ0n) is 13.5. The van der Waals surface area contributed by atoms with Crippen molar-refractivity contribution >= 4 is 27.7 Å². The Morgan fingerprint density at radius 1 is 1.17 bits per heavy atom. The van der Waals surface area contributed by atoms with Gasteiger partial charge in [0.15, 0.2) is 18.2 Å². The predicted octanol–water partition coefficient (Wildman–Crippen LogP) is 4.07. The molecule has 2 heterocycles. The summed E-state index contributed by atoms with van der Waals surface area (Å²) in [5.41, 5.74) is 2.46.